The molecular weight excluding hydrogens is 509 g/mol. The number of furan rings is 1. The van der Waals surface area contributed by atoms with E-state index in [1.807, 2.05) is 0 Å². The molecule has 0 radical (unpaired) electrons. The van der Waals surface area contributed by atoms with E-state index >= 15 is 8.78 Å². The summed E-state index contributed by atoms with van der Waals surface area (Å²) in [4.78, 5) is 38.7. The van der Waals surface area contributed by atoms with Gasteiger partial charge in [0.2, 0.25) is 10.9 Å². The highest BCUT2D eigenvalue weighted by Gasteiger charge is 2.78. The molecule has 4 aliphatic carbocycles. The Balaban J connectivity index is 1.64. The fourth-order valence-electron chi connectivity index (χ4n) is 7.97. The highest BCUT2D eigenvalue weighted by molar-refractivity contribution is 8.13. The maximum Gasteiger partial charge on any atom is 0.375 e. The standard InChI is InChI=1S/C27H29F3O6S/c1-14-9-16-17-11-19(29)18-10-15(31)6-7-24(18,2)26(17,30)21(32)12-25(16,3)27(14,23(34)37-13-28)36-22(33)20-5-4-8-35-20/h4-8,10,14,16-17,19,21,32H,9,11-13H2,1-3H3/t14-,16?,17?,19+,21+,24+,25+,26+,27?/m1/s1. The molecule has 0 bridgehead atoms. The third-order valence-corrected chi connectivity index (χ3v) is 10.3. The Bertz CT molecular complexity index is 1200. The molecule has 0 aliphatic heterocycles. The van der Waals surface area contributed by atoms with Crippen LogP contribution in [0.1, 0.15) is 50.6 Å². The maximum atomic E-state index is 17.4. The summed E-state index contributed by atoms with van der Waals surface area (Å²) in [6.07, 6.45) is 1.16. The van der Waals surface area contributed by atoms with Crippen molar-refractivity contribution in [3.8, 4) is 0 Å². The van der Waals surface area contributed by atoms with Crippen molar-refractivity contribution in [1.29, 1.82) is 0 Å². The predicted octanol–water partition coefficient (Wildman–Crippen LogP) is 4.93. The van der Waals surface area contributed by atoms with Gasteiger partial charge < -0.3 is 14.3 Å². The Morgan fingerprint density at radius 3 is 2.65 bits per heavy atom. The maximum absolute atomic E-state index is 17.4. The molecule has 3 saturated carbocycles. The molecule has 0 aromatic carbocycles. The minimum Gasteiger partial charge on any atom is -0.457 e. The minimum atomic E-state index is -2.35. The summed E-state index contributed by atoms with van der Waals surface area (Å²) in [6.45, 7) is 4.79. The number of rotatable bonds is 4. The number of aliphatic hydroxyl groups excluding tert-OH is 1. The van der Waals surface area contributed by atoms with Crippen LogP contribution >= 0.6 is 11.8 Å². The number of carbonyl (C=O) groups is 3. The van der Waals surface area contributed by atoms with Crippen molar-refractivity contribution in [3.63, 3.8) is 0 Å². The van der Waals surface area contributed by atoms with Gasteiger partial charge in [-0.2, -0.15) is 0 Å². The number of thioether (sulfide) groups is 1. The van der Waals surface area contributed by atoms with E-state index in [-0.39, 0.29) is 30.6 Å². The minimum absolute atomic E-state index is 0.00739. The van der Waals surface area contributed by atoms with Crippen molar-refractivity contribution in [3.05, 3.63) is 48.0 Å². The van der Waals surface area contributed by atoms with E-state index in [0.717, 1.165) is 6.08 Å². The van der Waals surface area contributed by atoms with E-state index < -0.39 is 75.0 Å². The van der Waals surface area contributed by atoms with E-state index in [2.05, 4.69) is 0 Å². The highest BCUT2D eigenvalue weighted by atomic mass is 32.2. The van der Waals surface area contributed by atoms with Gasteiger partial charge >= 0.3 is 5.97 Å². The zero-order chi connectivity index (χ0) is 27.0. The summed E-state index contributed by atoms with van der Waals surface area (Å²) >= 11 is 0.352. The summed E-state index contributed by atoms with van der Waals surface area (Å²) < 4.78 is 57.5. The van der Waals surface area contributed by atoms with Crippen molar-refractivity contribution >= 4 is 28.6 Å². The largest absolute Gasteiger partial charge is 0.457 e. The van der Waals surface area contributed by atoms with E-state index in [4.69, 9.17) is 9.15 Å². The van der Waals surface area contributed by atoms with Crippen molar-refractivity contribution < 1.29 is 41.8 Å². The van der Waals surface area contributed by atoms with Crippen LogP contribution in [-0.4, -0.2) is 51.5 Å². The fourth-order valence-corrected chi connectivity index (χ4v) is 8.76. The van der Waals surface area contributed by atoms with E-state index in [1.54, 1.807) is 13.8 Å². The van der Waals surface area contributed by atoms with Gasteiger partial charge in [0.1, 0.15) is 12.2 Å². The van der Waals surface area contributed by atoms with Crippen LogP contribution in [0.2, 0.25) is 0 Å². The van der Waals surface area contributed by atoms with Gasteiger partial charge in [-0.1, -0.05) is 19.9 Å². The average molecular weight is 539 g/mol. The lowest BCUT2D eigenvalue weighted by molar-refractivity contribution is -0.221. The predicted molar refractivity (Wildman–Crippen MR) is 129 cm³/mol. The molecule has 200 valence electrons. The molecule has 0 amide bonds. The van der Waals surface area contributed by atoms with Crippen molar-refractivity contribution in [2.24, 2.45) is 28.6 Å². The Labute approximate surface area is 216 Å². The number of hydrogen-bond donors (Lipinski definition) is 1. The van der Waals surface area contributed by atoms with Crippen molar-refractivity contribution in [2.45, 2.75) is 63.6 Å². The average Bonchev–Trinajstić information content (AvgIpc) is 3.45. The van der Waals surface area contributed by atoms with E-state index in [1.165, 1.54) is 37.5 Å². The van der Waals surface area contributed by atoms with Gasteiger partial charge in [-0.05, 0) is 73.7 Å². The molecule has 6 nitrogen and oxygen atoms in total. The summed E-state index contributed by atoms with van der Waals surface area (Å²) in [6, 6.07) is 1.78. The first-order valence-electron chi connectivity index (χ1n) is 12.3. The van der Waals surface area contributed by atoms with Crippen LogP contribution in [0.4, 0.5) is 13.2 Å². The first-order valence-corrected chi connectivity index (χ1v) is 13.3. The Morgan fingerprint density at radius 1 is 1.27 bits per heavy atom. The smallest absolute Gasteiger partial charge is 0.375 e. The lowest BCUT2D eigenvalue weighted by Crippen LogP contribution is -2.70. The van der Waals surface area contributed by atoms with Crippen molar-refractivity contribution in [2.75, 3.05) is 6.01 Å². The first-order chi connectivity index (χ1) is 17.4. The molecular formula is C27H29F3O6S. The molecule has 4 aliphatic rings. The number of esters is 1. The van der Waals surface area contributed by atoms with Crippen LogP contribution in [0.25, 0.3) is 0 Å². The van der Waals surface area contributed by atoms with Crippen LogP contribution in [0, 0.1) is 28.6 Å². The molecule has 37 heavy (non-hydrogen) atoms. The molecule has 3 unspecified atom stereocenters. The summed E-state index contributed by atoms with van der Waals surface area (Å²) in [5, 5.41) is 10.7. The van der Waals surface area contributed by atoms with Gasteiger partial charge in [0.25, 0.3) is 0 Å². The first kappa shape index (κ1) is 26.3. The number of fused-ring (bicyclic) bond motifs is 5. The Hall–Kier alpha value is -2.33. The van der Waals surface area contributed by atoms with Crippen LogP contribution in [0.3, 0.4) is 0 Å². The Kier molecular flexibility index (Phi) is 6.10. The molecule has 1 aromatic heterocycles. The number of halogens is 3. The fraction of sp³-hybridized carbons (Fsp3) is 0.593. The summed E-state index contributed by atoms with van der Waals surface area (Å²) in [5.41, 5.74) is -7.19. The molecule has 1 heterocycles. The molecule has 0 saturated heterocycles. The molecule has 0 spiro atoms. The number of ether oxygens (including phenoxy) is 1. The normalized spacial score (nSPS) is 44.5. The molecule has 1 N–H and O–H groups in total. The molecule has 10 heteroatoms. The number of ketones is 1. The lowest BCUT2D eigenvalue weighted by atomic mass is 9.44. The van der Waals surface area contributed by atoms with Crippen LogP contribution in [0.5, 0.6) is 0 Å². The van der Waals surface area contributed by atoms with Gasteiger partial charge in [0, 0.05) is 22.7 Å². The second kappa shape index (κ2) is 8.59. The third kappa shape index (κ3) is 3.27. The van der Waals surface area contributed by atoms with Gasteiger partial charge in [-0.3, -0.25) is 9.59 Å². The van der Waals surface area contributed by atoms with E-state index in [9.17, 15) is 23.9 Å². The van der Waals surface area contributed by atoms with Gasteiger partial charge in [0.05, 0.1) is 12.4 Å². The zero-order valence-electron chi connectivity index (χ0n) is 20.7. The van der Waals surface area contributed by atoms with Crippen LogP contribution in [-0.2, 0) is 14.3 Å². The number of allylic oxidation sites excluding steroid dienone is 4. The molecule has 3 fully saturated rings. The second-order valence-corrected chi connectivity index (χ2v) is 12.0. The second-order valence-electron chi connectivity index (χ2n) is 11.1. The summed E-state index contributed by atoms with van der Waals surface area (Å²) in [5.74, 6) is -3.98. The number of aliphatic hydroxyl groups is 1. The van der Waals surface area contributed by atoms with Gasteiger partial charge in [0.15, 0.2) is 17.1 Å². The van der Waals surface area contributed by atoms with Gasteiger partial charge in [-0.25, -0.2) is 18.0 Å². The van der Waals surface area contributed by atoms with Crippen LogP contribution < -0.4 is 0 Å². The lowest BCUT2D eigenvalue weighted by Gasteiger charge is -2.63. The monoisotopic (exact) mass is 538 g/mol. The van der Waals surface area contributed by atoms with Gasteiger partial charge in [-0.15, -0.1) is 0 Å². The SMILES string of the molecule is C[C@@H]1CC2C3C[C@H](F)C4=CC(=O)C=C[C@]4(C)[C@@]3(F)[C@@H](O)C[C@]2(C)C1(OC(=O)c1ccco1)C(=O)SCF. The molecule has 9 atom stereocenters. The number of alkyl halides is 3. The van der Waals surface area contributed by atoms with E-state index in [0.29, 0.717) is 11.8 Å². The Morgan fingerprint density at radius 2 is 2.00 bits per heavy atom. The highest BCUT2D eigenvalue weighted by Crippen LogP contribution is 2.72. The van der Waals surface area contributed by atoms with Crippen molar-refractivity contribution in [1.82, 2.24) is 0 Å². The zero-order valence-corrected chi connectivity index (χ0v) is 21.5. The number of carbonyl (C=O) groups excluding carboxylic acids is 3. The molecule has 5 rings (SSSR count). The quantitative estimate of drug-likeness (QED) is 0.544. The topological polar surface area (TPSA) is 93.8 Å². The third-order valence-electron chi connectivity index (χ3n) is 9.63. The van der Waals surface area contributed by atoms with Crippen LogP contribution in [0.15, 0.2) is 46.6 Å². The molecule has 1 aromatic rings. The summed E-state index contributed by atoms with van der Waals surface area (Å²) in [7, 11) is 0. The number of hydrogen-bond acceptors (Lipinski definition) is 7.